The molecule has 112 valence electrons. The Bertz CT molecular complexity index is 557. The lowest BCUT2D eigenvalue weighted by atomic mass is 10.1. The number of carbonyl (C=O) groups excluding carboxylic acids is 1. The molecule has 0 heterocycles. The van der Waals surface area contributed by atoms with Gasteiger partial charge in [0.1, 0.15) is 0 Å². The van der Waals surface area contributed by atoms with Crippen molar-refractivity contribution < 1.29 is 13.2 Å². The summed E-state index contributed by atoms with van der Waals surface area (Å²) in [7, 11) is -3.58. The second kappa shape index (κ2) is 7.06. The number of carbonyl (C=O) groups is 1. The summed E-state index contributed by atoms with van der Waals surface area (Å²) in [4.78, 5) is 11.0. The average Bonchev–Trinajstić information content (AvgIpc) is 2.37. The van der Waals surface area contributed by atoms with Crippen molar-refractivity contribution in [3.05, 3.63) is 24.3 Å². The van der Waals surface area contributed by atoms with E-state index in [9.17, 15) is 13.2 Å². The maximum Gasteiger partial charge on any atom is 0.240 e. The summed E-state index contributed by atoms with van der Waals surface area (Å²) in [5.41, 5.74) is 0.554. The number of halogens is 1. The van der Waals surface area contributed by atoms with Gasteiger partial charge in [-0.15, -0.1) is 11.6 Å². The second-order valence-corrected chi connectivity index (χ2v) is 6.77. The summed E-state index contributed by atoms with van der Waals surface area (Å²) in [6, 6.07) is 5.74. The highest BCUT2D eigenvalue weighted by Crippen LogP contribution is 2.16. The van der Waals surface area contributed by atoms with Crippen LogP contribution in [0.25, 0.3) is 0 Å². The third-order valence-corrected chi connectivity index (χ3v) is 4.98. The summed E-state index contributed by atoms with van der Waals surface area (Å²) in [5.74, 6) is 0.207. The van der Waals surface area contributed by atoms with Crippen LogP contribution in [0.4, 0.5) is 5.69 Å². The van der Waals surface area contributed by atoms with Crippen LogP contribution < -0.4 is 10.0 Å². The van der Waals surface area contributed by atoms with E-state index < -0.39 is 10.0 Å². The van der Waals surface area contributed by atoms with Gasteiger partial charge >= 0.3 is 0 Å². The van der Waals surface area contributed by atoms with E-state index in [1.807, 2.05) is 6.92 Å². The van der Waals surface area contributed by atoms with Crippen molar-refractivity contribution >= 4 is 33.2 Å². The SMILES string of the molecule is CC(=O)Nc1ccc(S(=O)(=O)NC(C)C(C)CCl)cc1. The van der Waals surface area contributed by atoms with Crippen molar-refractivity contribution in [3.63, 3.8) is 0 Å². The molecule has 0 spiro atoms. The molecule has 2 N–H and O–H groups in total. The average molecular weight is 319 g/mol. The van der Waals surface area contributed by atoms with Crippen molar-refractivity contribution in [1.29, 1.82) is 0 Å². The van der Waals surface area contributed by atoms with E-state index in [0.29, 0.717) is 11.6 Å². The molecular weight excluding hydrogens is 300 g/mol. The van der Waals surface area contributed by atoms with Gasteiger partial charge in [0.15, 0.2) is 0 Å². The Labute approximate surface area is 124 Å². The van der Waals surface area contributed by atoms with Crippen molar-refractivity contribution in [2.24, 2.45) is 5.92 Å². The van der Waals surface area contributed by atoms with Gasteiger partial charge < -0.3 is 5.32 Å². The zero-order valence-electron chi connectivity index (χ0n) is 11.7. The predicted molar refractivity (Wildman–Crippen MR) is 80.4 cm³/mol. The first-order valence-corrected chi connectivity index (χ1v) is 8.24. The van der Waals surface area contributed by atoms with Crippen LogP contribution in [-0.4, -0.2) is 26.2 Å². The minimum Gasteiger partial charge on any atom is -0.326 e. The molecule has 1 amide bonds. The van der Waals surface area contributed by atoms with Gasteiger partial charge in [-0.05, 0) is 37.1 Å². The van der Waals surface area contributed by atoms with Crippen molar-refractivity contribution in [2.75, 3.05) is 11.2 Å². The van der Waals surface area contributed by atoms with Crippen LogP contribution >= 0.6 is 11.6 Å². The van der Waals surface area contributed by atoms with E-state index >= 15 is 0 Å². The Morgan fingerprint density at radius 1 is 1.25 bits per heavy atom. The molecule has 5 nitrogen and oxygen atoms in total. The van der Waals surface area contributed by atoms with Crippen molar-refractivity contribution in [1.82, 2.24) is 4.72 Å². The molecule has 0 bridgehead atoms. The third-order valence-electron chi connectivity index (χ3n) is 2.92. The summed E-state index contributed by atoms with van der Waals surface area (Å²) in [5, 5.41) is 2.58. The molecular formula is C13H19ClN2O3S. The Kier molecular flexibility index (Phi) is 5.98. The van der Waals surface area contributed by atoms with E-state index in [1.165, 1.54) is 19.1 Å². The molecule has 7 heteroatoms. The standard InChI is InChI=1S/C13H19ClN2O3S/c1-9(8-14)10(2)16-20(18,19)13-6-4-12(5-7-13)15-11(3)17/h4-7,9-10,16H,8H2,1-3H3,(H,15,17). The zero-order chi connectivity index (χ0) is 15.3. The van der Waals surface area contributed by atoms with Gasteiger partial charge in [0.2, 0.25) is 15.9 Å². The lowest BCUT2D eigenvalue weighted by Gasteiger charge is -2.19. The van der Waals surface area contributed by atoms with Gasteiger partial charge in [-0.3, -0.25) is 4.79 Å². The number of benzene rings is 1. The topological polar surface area (TPSA) is 75.3 Å². The highest BCUT2D eigenvalue weighted by molar-refractivity contribution is 7.89. The first-order valence-electron chi connectivity index (χ1n) is 6.22. The summed E-state index contributed by atoms with van der Waals surface area (Å²) >= 11 is 5.72. The molecule has 0 saturated heterocycles. The van der Waals surface area contributed by atoms with Crippen LogP contribution in [0, 0.1) is 5.92 Å². The van der Waals surface area contributed by atoms with Crippen LogP contribution in [0.3, 0.4) is 0 Å². The predicted octanol–water partition coefficient (Wildman–Crippen LogP) is 2.19. The molecule has 2 atom stereocenters. The van der Waals surface area contributed by atoms with Gasteiger partial charge in [0, 0.05) is 24.5 Å². The molecule has 0 aliphatic carbocycles. The first-order chi connectivity index (χ1) is 9.26. The van der Waals surface area contributed by atoms with Gasteiger partial charge in [0.25, 0.3) is 0 Å². The monoisotopic (exact) mass is 318 g/mol. The Hall–Kier alpha value is -1.11. The number of amides is 1. The molecule has 1 aromatic carbocycles. The molecule has 20 heavy (non-hydrogen) atoms. The lowest BCUT2D eigenvalue weighted by Crippen LogP contribution is -2.37. The number of alkyl halides is 1. The lowest BCUT2D eigenvalue weighted by molar-refractivity contribution is -0.114. The third kappa shape index (κ3) is 4.77. The van der Waals surface area contributed by atoms with Crippen molar-refractivity contribution in [3.8, 4) is 0 Å². The summed E-state index contributed by atoms with van der Waals surface area (Å²) < 4.78 is 26.9. The summed E-state index contributed by atoms with van der Waals surface area (Å²) in [6.07, 6.45) is 0. The molecule has 1 rings (SSSR count). The molecule has 0 aliphatic heterocycles. The van der Waals surface area contributed by atoms with E-state index in [2.05, 4.69) is 10.0 Å². The number of anilines is 1. The zero-order valence-corrected chi connectivity index (χ0v) is 13.3. The highest BCUT2D eigenvalue weighted by atomic mass is 35.5. The van der Waals surface area contributed by atoms with E-state index in [1.54, 1.807) is 19.1 Å². The Morgan fingerprint density at radius 2 is 1.80 bits per heavy atom. The number of sulfonamides is 1. The smallest absolute Gasteiger partial charge is 0.240 e. The Balaban J connectivity index is 2.85. The molecule has 0 aliphatic rings. The number of hydrogen-bond acceptors (Lipinski definition) is 3. The number of nitrogens with one attached hydrogen (secondary N) is 2. The van der Waals surface area contributed by atoms with E-state index in [4.69, 9.17) is 11.6 Å². The van der Waals surface area contributed by atoms with Gasteiger partial charge in [-0.1, -0.05) is 6.92 Å². The van der Waals surface area contributed by atoms with Crippen molar-refractivity contribution in [2.45, 2.75) is 31.7 Å². The summed E-state index contributed by atoms with van der Waals surface area (Å²) in [6.45, 7) is 5.04. The van der Waals surface area contributed by atoms with Crippen LogP contribution in [0.5, 0.6) is 0 Å². The largest absolute Gasteiger partial charge is 0.326 e. The minimum atomic E-state index is -3.58. The number of rotatable bonds is 6. The molecule has 0 radical (unpaired) electrons. The van der Waals surface area contributed by atoms with Gasteiger partial charge in [-0.25, -0.2) is 13.1 Å². The Morgan fingerprint density at radius 3 is 2.25 bits per heavy atom. The fourth-order valence-corrected chi connectivity index (χ4v) is 3.10. The molecule has 0 fully saturated rings. The minimum absolute atomic E-state index is 0.0325. The maximum absolute atomic E-state index is 12.2. The molecule has 2 unspecified atom stereocenters. The fourth-order valence-electron chi connectivity index (χ4n) is 1.48. The maximum atomic E-state index is 12.2. The van der Waals surface area contributed by atoms with Crippen LogP contribution in [0.15, 0.2) is 29.2 Å². The van der Waals surface area contributed by atoms with E-state index in [-0.39, 0.29) is 22.8 Å². The van der Waals surface area contributed by atoms with Gasteiger partial charge in [-0.2, -0.15) is 0 Å². The van der Waals surface area contributed by atoms with Crippen LogP contribution in [0.1, 0.15) is 20.8 Å². The highest BCUT2D eigenvalue weighted by Gasteiger charge is 2.20. The van der Waals surface area contributed by atoms with Crippen LogP contribution in [-0.2, 0) is 14.8 Å². The molecule has 0 aromatic heterocycles. The number of hydrogen-bond donors (Lipinski definition) is 2. The van der Waals surface area contributed by atoms with Gasteiger partial charge in [0.05, 0.1) is 4.90 Å². The normalized spacial score (nSPS) is 14.6. The quantitative estimate of drug-likeness (QED) is 0.789. The first kappa shape index (κ1) is 16.9. The van der Waals surface area contributed by atoms with Crippen LogP contribution in [0.2, 0.25) is 0 Å². The second-order valence-electron chi connectivity index (χ2n) is 4.75. The molecule has 0 saturated carbocycles. The van der Waals surface area contributed by atoms with E-state index in [0.717, 1.165) is 0 Å². The fraction of sp³-hybridized carbons (Fsp3) is 0.462. The molecule has 1 aromatic rings.